The van der Waals surface area contributed by atoms with Crippen LogP contribution in [0.1, 0.15) is 58.5 Å². The molecule has 0 spiro atoms. The van der Waals surface area contributed by atoms with Gasteiger partial charge in [0.2, 0.25) is 0 Å². The number of aryl methyl sites for hydroxylation is 1. The summed E-state index contributed by atoms with van der Waals surface area (Å²) in [4.78, 5) is 4.71. The van der Waals surface area contributed by atoms with Gasteiger partial charge in [-0.1, -0.05) is 71.3 Å². The number of hydrogen-bond acceptors (Lipinski definition) is 5. The molecule has 4 aromatic carbocycles. The van der Waals surface area contributed by atoms with Crippen molar-refractivity contribution >= 4 is 21.8 Å². The summed E-state index contributed by atoms with van der Waals surface area (Å²) in [5.41, 5.74) is 7.06. The van der Waals surface area contributed by atoms with Crippen LogP contribution in [0.5, 0.6) is 23.0 Å². The Labute approximate surface area is 314 Å². The number of nitrogens with zero attached hydrogens (tertiary/aromatic N) is 4. The van der Waals surface area contributed by atoms with E-state index in [1.807, 2.05) is 65.5 Å². The molecule has 3 heterocycles. The van der Waals surface area contributed by atoms with Gasteiger partial charge in [-0.15, -0.1) is 35.7 Å². The van der Waals surface area contributed by atoms with Crippen molar-refractivity contribution in [1.82, 2.24) is 19.3 Å². The second kappa shape index (κ2) is 13.7. The quantitative estimate of drug-likeness (QED) is 0.150. The number of para-hydroxylation sites is 1. The van der Waals surface area contributed by atoms with Crippen LogP contribution in [0.2, 0.25) is 0 Å². The molecule has 0 bridgehead atoms. The molecule has 0 aliphatic heterocycles. The molecule has 0 unspecified atom stereocenters. The number of pyridine rings is 1. The van der Waals surface area contributed by atoms with Gasteiger partial charge in [0.15, 0.2) is 0 Å². The van der Waals surface area contributed by atoms with Crippen LogP contribution < -0.4 is 14.2 Å². The fraction of sp³-hybridized carbons (Fsp3) is 0.256. The van der Waals surface area contributed by atoms with Crippen molar-refractivity contribution in [3.05, 3.63) is 120 Å². The normalized spacial score (nSPS) is 11.9. The van der Waals surface area contributed by atoms with Crippen molar-refractivity contribution in [2.24, 2.45) is 0 Å². The molecule has 0 saturated heterocycles. The van der Waals surface area contributed by atoms with E-state index in [1.165, 1.54) is 0 Å². The Morgan fingerprint density at radius 2 is 1.37 bits per heavy atom. The Hall–Kier alpha value is -4.87. The fourth-order valence-corrected chi connectivity index (χ4v) is 6.70. The molecule has 262 valence electrons. The number of methoxy groups -OCH3 is 2. The van der Waals surface area contributed by atoms with Crippen LogP contribution in [0.25, 0.3) is 44.4 Å². The average Bonchev–Trinajstić information content (AvgIpc) is 3.65. The van der Waals surface area contributed by atoms with E-state index in [9.17, 15) is 0 Å². The summed E-state index contributed by atoms with van der Waals surface area (Å²) in [5.74, 6) is 3.42. The van der Waals surface area contributed by atoms with E-state index in [-0.39, 0.29) is 31.9 Å². The summed E-state index contributed by atoms with van der Waals surface area (Å²) in [7, 11) is 3.38. The monoisotopic (exact) mass is 857 g/mol. The number of benzene rings is 4. The minimum atomic E-state index is -0.321. The molecule has 7 aromatic rings. The van der Waals surface area contributed by atoms with Crippen molar-refractivity contribution < 1.29 is 35.3 Å². The minimum absolute atomic E-state index is 0. The van der Waals surface area contributed by atoms with Crippen molar-refractivity contribution in [3.63, 3.8) is 0 Å². The van der Waals surface area contributed by atoms with Crippen molar-refractivity contribution in [2.45, 2.75) is 59.3 Å². The SMILES string of the molecule is COc1cccc(OC)c1-c1c(C(C)(C)C)nn(-c2[c-]c(Oc3[c-]c4c(cc3)c3ccccc3n4-c3cc(C)ccn3)ccc2)c1C(C)(C)C.[Pt+2]. The van der Waals surface area contributed by atoms with Gasteiger partial charge in [0.25, 0.3) is 0 Å². The Bertz CT molecular complexity index is 2350. The summed E-state index contributed by atoms with van der Waals surface area (Å²) >= 11 is 0. The van der Waals surface area contributed by atoms with Gasteiger partial charge in [-0.05, 0) is 53.9 Å². The summed E-state index contributed by atoms with van der Waals surface area (Å²) in [6, 6.07) is 35.4. The predicted octanol–water partition coefficient (Wildman–Crippen LogP) is 10.3. The second-order valence-electron chi connectivity index (χ2n) is 14.7. The molecule has 0 aliphatic carbocycles. The Morgan fingerprint density at radius 1 is 0.686 bits per heavy atom. The number of hydrogen-bond donors (Lipinski definition) is 0. The van der Waals surface area contributed by atoms with Gasteiger partial charge in [0, 0.05) is 39.6 Å². The molecule has 0 amide bonds. The van der Waals surface area contributed by atoms with Gasteiger partial charge in [-0.2, -0.15) is 17.2 Å². The molecule has 51 heavy (non-hydrogen) atoms. The zero-order valence-corrected chi connectivity index (χ0v) is 32.8. The summed E-state index contributed by atoms with van der Waals surface area (Å²) in [5, 5.41) is 7.52. The summed E-state index contributed by atoms with van der Waals surface area (Å²) in [6.07, 6.45) is 1.84. The Morgan fingerprint density at radius 3 is 2.04 bits per heavy atom. The van der Waals surface area contributed by atoms with Crippen LogP contribution in [-0.2, 0) is 31.9 Å². The molecule has 3 aromatic heterocycles. The Kier molecular flexibility index (Phi) is 9.64. The molecule has 7 nitrogen and oxygen atoms in total. The standard InChI is InChI=1S/C43H42N4O3.Pt/c1-27-22-23-44-37(24-27)46-33-17-11-10-16-31(33)32-21-20-30(26-34(32)46)50-29-15-12-14-28(25-29)47-41(43(5,6)7)39(40(45-47)42(2,3)4)38-35(48-8)18-13-19-36(38)49-9;/h10-24H,1-9H3;/q-2;+2. The van der Waals surface area contributed by atoms with Crippen LogP contribution in [0.3, 0.4) is 0 Å². The van der Waals surface area contributed by atoms with Crippen LogP contribution in [-0.4, -0.2) is 33.6 Å². The van der Waals surface area contributed by atoms with Gasteiger partial charge < -0.3 is 18.8 Å². The van der Waals surface area contributed by atoms with Crippen LogP contribution >= 0.6 is 0 Å². The smallest absolute Gasteiger partial charge is 0.509 e. The zero-order valence-electron chi connectivity index (χ0n) is 30.5. The first-order valence-corrected chi connectivity index (χ1v) is 16.8. The van der Waals surface area contributed by atoms with E-state index in [0.29, 0.717) is 11.5 Å². The van der Waals surface area contributed by atoms with Gasteiger partial charge in [0.1, 0.15) is 17.3 Å². The van der Waals surface area contributed by atoms with Gasteiger partial charge in [0.05, 0.1) is 31.2 Å². The van der Waals surface area contributed by atoms with Crippen molar-refractivity contribution in [3.8, 4) is 45.6 Å². The van der Waals surface area contributed by atoms with E-state index < -0.39 is 0 Å². The largest absolute Gasteiger partial charge is 2.00 e. The number of rotatable bonds is 7. The van der Waals surface area contributed by atoms with Gasteiger partial charge in [-0.3, -0.25) is 4.68 Å². The first kappa shape index (κ1) is 35.9. The first-order valence-electron chi connectivity index (χ1n) is 16.8. The third kappa shape index (κ3) is 6.56. The van der Waals surface area contributed by atoms with E-state index in [4.69, 9.17) is 24.3 Å². The molecule has 0 radical (unpaired) electrons. The maximum Gasteiger partial charge on any atom is 2.00 e. The number of ether oxygens (including phenoxy) is 3. The van der Waals surface area contributed by atoms with E-state index in [1.54, 1.807) is 14.2 Å². The maximum absolute atomic E-state index is 6.52. The molecule has 0 N–H and O–H groups in total. The molecular formula is C43H42N4O3Pt. The first-order chi connectivity index (χ1) is 23.9. The summed E-state index contributed by atoms with van der Waals surface area (Å²) in [6.45, 7) is 15.2. The minimum Gasteiger partial charge on any atom is -0.509 e. The molecular weight excluding hydrogens is 816 g/mol. The average molecular weight is 858 g/mol. The maximum atomic E-state index is 6.52. The zero-order chi connectivity index (χ0) is 35.4. The summed E-state index contributed by atoms with van der Waals surface area (Å²) < 4.78 is 22.5. The Balaban J connectivity index is 0.00000448. The second-order valence-corrected chi connectivity index (χ2v) is 14.7. The van der Waals surface area contributed by atoms with Crippen molar-refractivity contribution in [2.75, 3.05) is 14.2 Å². The van der Waals surface area contributed by atoms with E-state index >= 15 is 0 Å². The molecule has 0 aliphatic rings. The third-order valence-electron chi connectivity index (χ3n) is 8.87. The topological polar surface area (TPSA) is 63.3 Å². The van der Waals surface area contributed by atoms with E-state index in [2.05, 4.69) is 95.5 Å². The van der Waals surface area contributed by atoms with Crippen molar-refractivity contribution in [1.29, 1.82) is 0 Å². The van der Waals surface area contributed by atoms with E-state index in [0.717, 1.165) is 72.9 Å². The van der Waals surface area contributed by atoms with Crippen LogP contribution in [0.15, 0.2) is 91.1 Å². The van der Waals surface area contributed by atoms with Gasteiger partial charge >= 0.3 is 21.1 Å². The predicted molar refractivity (Wildman–Crippen MR) is 201 cm³/mol. The number of aromatic nitrogens is 4. The van der Waals surface area contributed by atoms with Crippen LogP contribution in [0, 0.1) is 19.1 Å². The molecule has 0 fully saturated rings. The molecule has 7 rings (SSSR count). The number of fused-ring (bicyclic) bond motifs is 3. The molecule has 0 atom stereocenters. The third-order valence-corrected chi connectivity index (χ3v) is 8.87. The van der Waals surface area contributed by atoms with Gasteiger partial charge in [-0.25, -0.2) is 4.98 Å². The fourth-order valence-electron chi connectivity index (χ4n) is 6.70. The molecule has 0 saturated carbocycles. The van der Waals surface area contributed by atoms with Crippen LogP contribution in [0.4, 0.5) is 0 Å². The molecule has 8 heteroatoms.